The highest BCUT2D eigenvalue weighted by atomic mass is 16.5. The van der Waals surface area contributed by atoms with E-state index in [-0.39, 0.29) is 17.1 Å². The molecule has 3 rings (SSSR count). The molecule has 1 heterocycles. The number of carbonyl (C=O) groups excluding carboxylic acids is 2. The van der Waals surface area contributed by atoms with Crippen LogP contribution in [0.15, 0.2) is 65.9 Å². The van der Waals surface area contributed by atoms with Crippen molar-refractivity contribution in [2.75, 3.05) is 34.3 Å². The van der Waals surface area contributed by atoms with Gasteiger partial charge in [0.25, 0.3) is 5.91 Å². The van der Waals surface area contributed by atoms with Crippen molar-refractivity contribution in [1.29, 1.82) is 0 Å². The number of phenols is 1. The number of rotatable bonds is 9. The van der Waals surface area contributed by atoms with Crippen molar-refractivity contribution in [3.05, 3.63) is 77.1 Å². The average Bonchev–Trinajstić information content (AvgIpc) is 3.03. The van der Waals surface area contributed by atoms with E-state index in [4.69, 9.17) is 4.74 Å². The summed E-state index contributed by atoms with van der Waals surface area (Å²) in [5.41, 5.74) is 1.41. The molecule has 7 heteroatoms. The monoisotopic (exact) mass is 436 g/mol. The molecule has 1 aliphatic heterocycles. The Labute approximate surface area is 187 Å². The SMILES string of the molecule is COc1cc(C2C(C(=O)/C=C/c3ccccc3)=C(O)C(=O)N2CCCN(C)C)ccc1O. The second-order valence-electron chi connectivity index (χ2n) is 7.86. The highest BCUT2D eigenvalue weighted by Crippen LogP contribution is 2.40. The Kier molecular flexibility index (Phi) is 7.33. The van der Waals surface area contributed by atoms with Gasteiger partial charge in [0.05, 0.1) is 18.7 Å². The number of aliphatic hydroxyl groups excluding tert-OH is 1. The number of ketones is 1. The maximum Gasteiger partial charge on any atom is 0.290 e. The van der Waals surface area contributed by atoms with Crippen molar-refractivity contribution in [3.63, 3.8) is 0 Å². The summed E-state index contributed by atoms with van der Waals surface area (Å²) in [7, 11) is 5.30. The van der Waals surface area contributed by atoms with E-state index in [0.717, 1.165) is 12.1 Å². The number of carbonyl (C=O) groups is 2. The lowest BCUT2D eigenvalue weighted by atomic mass is 9.95. The number of hydrogen-bond acceptors (Lipinski definition) is 6. The molecule has 0 saturated heterocycles. The molecule has 168 valence electrons. The number of nitrogens with zero attached hydrogens (tertiary/aromatic N) is 2. The molecule has 2 N–H and O–H groups in total. The minimum atomic E-state index is -0.785. The first kappa shape index (κ1) is 23.1. The van der Waals surface area contributed by atoms with E-state index in [1.165, 1.54) is 24.2 Å². The third-order valence-electron chi connectivity index (χ3n) is 5.32. The number of allylic oxidation sites excluding steroid dienone is 1. The van der Waals surface area contributed by atoms with Crippen LogP contribution in [0.5, 0.6) is 11.5 Å². The Balaban J connectivity index is 1.99. The van der Waals surface area contributed by atoms with E-state index >= 15 is 0 Å². The van der Waals surface area contributed by atoms with E-state index in [0.29, 0.717) is 18.5 Å². The molecule has 2 aromatic carbocycles. The van der Waals surface area contributed by atoms with Crippen LogP contribution in [-0.4, -0.2) is 66.0 Å². The summed E-state index contributed by atoms with van der Waals surface area (Å²) in [6, 6.07) is 13.2. The number of methoxy groups -OCH3 is 1. The van der Waals surface area contributed by atoms with Gasteiger partial charge >= 0.3 is 0 Å². The van der Waals surface area contributed by atoms with Gasteiger partial charge in [0.15, 0.2) is 23.0 Å². The summed E-state index contributed by atoms with van der Waals surface area (Å²) in [6.07, 6.45) is 3.68. The smallest absolute Gasteiger partial charge is 0.290 e. The number of ether oxygens (including phenoxy) is 1. The van der Waals surface area contributed by atoms with Crippen LogP contribution in [-0.2, 0) is 9.59 Å². The normalized spacial score (nSPS) is 16.4. The molecule has 0 aromatic heterocycles. The van der Waals surface area contributed by atoms with Gasteiger partial charge in [-0.25, -0.2) is 0 Å². The van der Waals surface area contributed by atoms with Gasteiger partial charge in [-0.2, -0.15) is 0 Å². The van der Waals surface area contributed by atoms with Crippen LogP contribution in [0, 0.1) is 0 Å². The second kappa shape index (κ2) is 10.2. The highest BCUT2D eigenvalue weighted by molar-refractivity contribution is 6.14. The lowest BCUT2D eigenvalue weighted by Crippen LogP contribution is -2.33. The van der Waals surface area contributed by atoms with Crippen LogP contribution in [0.2, 0.25) is 0 Å². The Morgan fingerprint density at radius 3 is 2.53 bits per heavy atom. The first-order valence-electron chi connectivity index (χ1n) is 10.4. The van der Waals surface area contributed by atoms with E-state index < -0.39 is 23.5 Å². The van der Waals surface area contributed by atoms with Gasteiger partial charge in [0.2, 0.25) is 0 Å². The summed E-state index contributed by atoms with van der Waals surface area (Å²) >= 11 is 0. The minimum Gasteiger partial charge on any atom is -0.504 e. The van der Waals surface area contributed by atoms with Gasteiger partial charge in [-0.1, -0.05) is 42.5 Å². The van der Waals surface area contributed by atoms with Gasteiger partial charge in [0, 0.05) is 6.54 Å². The van der Waals surface area contributed by atoms with Gasteiger partial charge in [0.1, 0.15) is 0 Å². The minimum absolute atomic E-state index is 0.0137. The topological polar surface area (TPSA) is 90.3 Å². The molecule has 32 heavy (non-hydrogen) atoms. The fourth-order valence-corrected chi connectivity index (χ4v) is 3.73. The van der Waals surface area contributed by atoms with Crippen LogP contribution in [0.1, 0.15) is 23.6 Å². The molecular weight excluding hydrogens is 408 g/mol. The van der Waals surface area contributed by atoms with Gasteiger partial charge in [-0.05, 0) is 56.4 Å². The standard InChI is InChI=1S/C25H28N2O5/c1-26(2)14-7-15-27-23(18-11-13-19(28)21(16-18)32-3)22(24(30)25(27)31)20(29)12-10-17-8-5-4-6-9-17/h4-6,8-13,16,23,28,30H,7,14-15H2,1-3H3/b12-10+. The quantitative estimate of drug-likeness (QED) is 0.586. The predicted molar refractivity (Wildman–Crippen MR) is 122 cm³/mol. The van der Waals surface area contributed by atoms with Gasteiger partial charge < -0.3 is 24.7 Å². The molecule has 2 aromatic rings. The molecule has 1 atom stereocenters. The van der Waals surface area contributed by atoms with E-state index in [2.05, 4.69) is 0 Å². The Morgan fingerprint density at radius 1 is 1.16 bits per heavy atom. The summed E-state index contributed by atoms with van der Waals surface area (Å²) < 4.78 is 5.21. The van der Waals surface area contributed by atoms with Gasteiger partial charge in [-0.15, -0.1) is 0 Å². The molecule has 0 bridgehead atoms. The molecule has 1 aliphatic rings. The van der Waals surface area contributed by atoms with Crippen LogP contribution in [0.25, 0.3) is 6.08 Å². The van der Waals surface area contributed by atoms with E-state index in [1.54, 1.807) is 18.2 Å². The molecule has 0 spiro atoms. The van der Waals surface area contributed by atoms with E-state index in [9.17, 15) is 19.8 Å². The molecule has 0 saturated carbocycles. The number of benzene rings is 2. The highest BCUT2D eigenvalue weighted by Gasteiger charge is 2.42. The molecule has 0 radical (unpaired) electrons. The predicted octanol–water partition coefficient (Wildman–Crippen LogP) is 3.33. The van der Waals surface area contributed by atoms with Crippen LogP contribution >= 0.6 is 0 Å². The second-order valence-corrected chi connectivity index (χ2v) is 7.86. The Hall–Kier alpha value is -3.58. The zero-order valence-electron chi connectivity index (χ0n) is 18.5. The summed E-state index contributed by atoms with van der Waals surface area (Å²) in [4.78, 5) is 29.6. The Bertz CT molecular complexity index is 1040. The van der Waals surface area contributed by atoms with Gasteiger partial charge in [-0.3, -0.25) is 9.59 Å². The Morgan fingerprint density at radius 2 is 1.88 bits per heavy atom. The molecule has 1 unspecified atom stereocenters. The molecule has 1 amide bonds. The number of amides is 1. The first-order chi connectivity index (χ1) is 15.3. The summed E-state index contributed by atoms with van der Waals surface area (Å²) in [5.74, 6) is -1.41. The van der Waals surface area contributed by atoms with Crippen molar-refractivity contribution in [2.24, 2.45) is 0 Å². The third-order valence-corrected chi connectivity index (χ3v) is 5.32. The van der Waals surface area contributed by atoms with Crippen molar-refractivity contribution in [1.82, 2.24) is 9.80 Å². The fourth-order valence-electron chi connectivity index (χ4n) is 3.73. The number of phenolic OH excluding ortho intramolecular Hbond substituents is 1. The van der Waals surface area contributed by atoms with Crippen LogP contribution in [0.3, 0.4) is 0 Å². The van der Waals surface area contributed by atoms with E-state index in [1.807, 2.05) is 49.3 Å². The number of aromatic hydroxyl groups is 1. The lowest BCUT2D eigenvalue weighted by Gasteiger charge is -2.27. The zero-order valence-corrected chi connectivity index (χ0v) is 18.5. The van der Waals surface area contributed by atoms with Crippen molar-refractivity contribution in [3.8, 4) is 11.5 Å². The maximum atomic E-state index is 13.1. The fraction of sp³-hybridized carbons (Fsp3) is 0.280. The largest absolute Gasteiger partial charge is 0.504 e. The summed E-state index contributed by atoms with van der Waals surface area (Å²) in [5, 5.41) is 20.6. The molecule has 0 fully saturated rings. The number of hydrogen-bond donors (Lipinski definition) is 2. The van der Waals surface area contributed by atoms with Crippen LogP contribution < -0.4 is 4.74 Å². The third kappa shape index (κ3) is 5.00. The lowest BCUT2D eigenvalue weighted by molar-refractivity contribution is -0.129. The average molecular weight is 437 g/mol. The first-order valence-corrected chi connectivity index (χ1v) is 10.4. The number of aliphatic hydroxyl groups is 1. The van der Waals surface area contributed by atoms with Crippen molar-refractivity contribution in [2.45, 2.75) is 12.5 Å². The molecular formula is C25H28N2O5. The zero-order chi connectivity index (χ0) is 23.3. The van der Waals surface area contributed by atoms with Crippen LogP contribution in [0.4, 0.5) is 0 Å². The summed E-state index contributed by atoms with van der Waals surface area (Å²) in [6.45, 7) is 1.10. The van der Waals surface area contributed by atoms with Crippen molar-refractivity contribution < 1.29 is 24.5 Å². The molecule has 7 nitrogen and oxygen atoms in total. The molecule has 0 aliphatic carbocycles. The van der Waals surface area contributed by atoms with Crippen molar-refractivity contribution >= 4 is 17.8 Å². The maximum absolute atomic E-state index is 13.1.